The van der Waals surface area contributed by atoms with Crippen LogP contribution in [0.25, 0.3) is 0 Å². The van der Waals surface area contributed by atoms with Crippen molar-refractivity contribution in [3.63, 3.8) is 0 Å². The SMILES string of the molecule is Cc1ccc(Br)c(O)c1C(=O)C(C)C. The highest BCUT2D eigenvalue weighted by Gasteiger charge is 2.18. The second-order valence-corrected chi connectivity index (χ2v) is 4.46. The van der Waals surface area contributed by atoms with Crippen LogP contribution in [0.15, 0.2) is 16.6 Å². The summed E-state index contributed by atoms with van der Waals surface area (Å²) in [6, 6.07) is 3.56. The van der Waals surface area contributed by atoms with Gasteiger partial charge in [-0.25, -0.2) is 0 Å². The van der Waals surface area contributed by atoms with Crippen LogP contribution in [-0.4, -0.2) is 10.9 Å². The van der Waals surface area contributed by atoms with Crippen LogP contribution in [0.4, 0.5) is 0 Å². The number of carbonyl (C=O) groups is 1. The molecule has 2 nitrogen and oxygen atoms in total. The van der Waals surface area contributed by atoms with E-state index in [0.717, 1.165) is 5.56 Å². The molecule has 14 heavy (non-hydrogen) atoms. The van der Waals surface area contributed by atoms with Gasteiger partial charge in [-0.15, -0.1) is 0 Å². The summed E-state index contributed by atoms with van der Waals surface area (Å²) in [6.07, 6.45) is 0. The van der Waals surface area contributed by atoms with E-state index in [1.54, 1.807) is 6.07 Å². The summed E-state index contributed by atoms with van der Waals surface area (Å²) in [6.45, 7) is 5.46. The number of carbonyl (C=O) groups excluding carboxylic acids is 1. The number of halogens is 1. The minimum atomic E-state index is -0.103. The number of Topliss-reactive ketones (excluding diaryl/α,β-unsaturated/α-hetero) is 1. The van der Waals surface area contributed by atoms with Crippen molar-refractivity contribution >= 4 is 21.7 Å². The van der Waals surface area contributed by atoms with Gasteiger partial charge in [0.25, 0.3) is 0 Å². The monoisotopic (exact) mass is 256 g/mol. The Morgan fingerprint density at radius 1 is 1.43 bits per heavy atom. The Bertz CT molecular complexity index is 370. The van der Waals surface area contributed by atoms with E-state index in [1.807, 2.05) is 26.8 Å². The van der Waals surface area contributed by atoms with Crippen LogP contribution in [0, 0.1) is 12.8 Å². The van der Waals surface area contributed by atoms with Crippen LogP contribution in [0.3, 0.4) is 0 Å². The number of ketones is 1. The van der Waals surface area contributed by atoms with E-state index in [2.05, 4.69) is 15.9 Å². The highest BCUT2D eigenvalue weighted by molar-refractivity contribution is 9.10. The van der Waals surface area contributed by atoms with Crippen molar-refractivity contribution in [2.45, 2.75) is 20.8 Å². The zero-order valence-electron chi connectivity index (χ0n) is 8.47. The summed E-state index contributed by atoms with van der Waals surface area (Å²) in [7, 11) is 0. The predicted molar refractivity (Wildman–Crippen MR) is 59.7 cm³/mol. The van der Waals surface area contributed by atoms with Crippen molar-refractivity contribution in [2.75, 3.05) is 0 Å². The minimum absolute atomic E-state index is 0.0266. The van der Waals surface area contributed by atoms with Gasteiger partial charge < -0.3 is 5.11 Å². The summed E-state index contributed by atoms with van der Waals surface area (Å²) < 4.78 is 0.562. The van der Waals surface area contributed by atoms with Gasteiger partial charge in [0.1, 0.15) is 5.75 Å². The highest BCUT2D eigenvalue weighted by Crippen LogP contribution is 2.31. The molecular formula is C11H13BrO2. The first-order valence-electron chi connectivity index (χ1n) is 4.47. The summed E-state index contributed by atoms with van der Waals surface area (Å²) in [5, 5.41) is 9.73. The summed E-state index contributed by atoms with van der Waals surface area (Å²) in [4.78, 5) is 11.8. The molecule has 0 heterocycles. The molecule has 0 atom stereocenters. The molecule has 0 aliphatic heterocycles. The summed E-state index contributed by atoms with van der Waals surface area (Å²) in [5.74, 6) is -0.0844. The minimum Gasteiger partial charge on any atom is -0.506 e. The van der Waals surface area contributed by atoms with E-state index in [-0.39, 0.29) is 17.5 Å². The molecule has 0 bridgehead atoms. The van der Waals surface area contributed by atoms with Gasteiger partial charge in [-0.3, -0.25) is 4.79 Å². The number of benzene rings is 1. The fraction of sp³-hybridized carbons (Fsp3) is 0.364. The number of hydrogen-bond donors (Lipinski definition) is 1. The number of hydrogen-bond acceptors (Lipinski definition) is 2. The lowest BCUT2D eigenvalue weighted by Crippen LogP contribution is -2.09. The lowest BCUT2D eigenvalue weighted by Gasteiger charge is -2.10. The number of phenolic OH excluding ortho intramolecular Hbond substituents is 1. The van der Waals surface area contributed by atoms with Crippen LogP contribution in [0.1, 0.15) is 29.8 Å². The normalized spacial score (nSPS) is 10.6. The van der Waals surface area contributed by atoms with Gasteiger partial charge >= 0.3 is 0 Å². The molecule has 0 aliphatic rings. The molecule has 0 spiro atoms. The largest absolute Gasteiger partial charge is 0.506 e. The maximum Gasteiger partial charge on any atom is 0.169 e. The average Bonchev–Trinajstić information content (AvgIpc) is 2.12. The van der Waals surface area contributed by atoms with E-state index in [0.29, 0.717) is 10.0 Å². The molecule has 0 aromatic heterocycles. The Kier molecular flexibility index (Phi) is 3.32. The molecule has 0 saturated carbocycles. The van der Waals surface area contributed by atoms with Gasteiger partial charge in [0.05, 0.1) is 10.0 Å². The molecule has 0 amide bonds. The maximum atomic E-state index is 11.8. The van der Waals surface area contributed by atoms with Gasteiger partial charge in [-0.2, -0.15) is 0 Å². The van der Waals surface area contributed by atoms with Crippen molar-refractivity contribution in [1.29, 1.82) is 0 Å². The third kappa shape index (κ3) is 1.98. The number of aromatic hydroxyl groups is 1. The fourth-order valence-corrected chi connectivity index (χ4v) is 1.60. The van der Waals surface area contributed by atoms with Crippen molar-refractivity contribution in [1.82, 2.24) is 0 Å². The fourth-order valence-electron chi connectivity index (χ4n) is 1.27. The first kappa shape index (κ1) is 11.2. The van der Waals surface area contributed by atoms with Crippen molar-refractivity contribution in [2.24, 2.45) is 5.92 Å². The lowest BCUT2D eigenvalue weighted by atomic mass is 9.96. The molecule has 0 unspecified atom stereocenters. The molecule has 1 aromatic rings. The second-order valence-electron chi connectivity index (χ2n) is 3.61. The molecule has 0 fully saturated rings. The highest BCUT2D eigenvalue weighted by atomic mass is 79.9. The Balaban J connectivity index is 3.33. The van der Waals surface area contributed by atoms with E-state index in [1.165, 1.54) is 0 Å². The smallest absolute Gasteiger partial charge is 0.169 e. The number of phenols is 1. The Hall–Kier alpha value is -0.830. The first-order valence-corrected chi connectivity index (χ1v) is 5.26. The van der Waals surface area contributed by atoms with Crippen molar-refractivity contribution in [3.05, 3.63) is 27.7 Å². The van der Waals surface area contributed by atoms with Crippen LogP contribution >= 0.6 is 15.9 Å². The zero-order valence-corrected chi connectivity index (χ0v) is 10.1. The first-order chi connectivity index (χ1) is 6.45. The lowest BCUT2D eigenvalue weighted by molar-refractivity contribution is 0.0936. The Labute approximate surface area is 92.1 Å². The van der Waals surface area contributed by atoms with Crippen LogP contribution in [0.5, 0.6) is 5.75 Å². The molecule has 1 rings (SSSR count). The molecule has 1 aromatic carbocycles. The van der Waals surface area contributed by atoms with Crippen molar-refractivity contribution in [3.8, 4) is 5.75 Å². The van der Waals surface area contributed by atoms with Crippen LogP contribution in [-0.2, 0) is 0 Å². The third-order valence-electron chi connectivity index (χ3n) is 2.11. The van der Waals surface area contributed by atoms with Gasteiger partial charge in [0.15, 0.2) is 5.78 Å². The molecule has 0 aliphatic carbocycles. The molecule has 0 saturated heterocycles. The molecule has 3 heteroatoms. The summed E-state index contributed by atoms with van der Waals surface area (Å²) >= 11 is 3.20. The third-order valence-corrected chi connectivity index (χ3v) is 2.75. The molecule has 0 radical (unpaired) electrons. The topological polar surface area (TPSA) is 37.3 Å². The van der Waals surface area contributed by atoms with Crippen molar-refractivity contribution < 1.29 is 9.90 Å². The molecule has 76 valence electrons. The van der Waals surface area contributed by atoms with E-state index >= 15 is 0 Å². The Morgan fingerprint density at radius 2 is 2.00 bits per heavy atom. The average molecular weight is 257 g/mol. The van der Waals surface area contributed by atoms with E-state index in [9.17, 15) is 9.90 Å². The molecular weight excluding hydrogens is 244 g/mol. The van der Waals surface area contributed by atoms with E-state index in [4.69, 9.17) is 0 Å². The van der Waals surface area contributed by atoms with Gasteiger partial charge in [-0.05, 0) is 34.5 Å². The van der Waals surface area contributed by atoms with Crippen LogP contribution < -0.4 is 0 Å². The summed E-state index contributed by atoms with van der Waals surface area (Å²) in [5.41, 5.74) is 1.23. The molecule has 1 N–H and O–H groups in total. The van der Waals surface area contributed by atoms with E-state index < -0.39 is 0 Å². The quantitative estimate of drug-likeness (QED) is 0.825. The van der Waals surface area contributed by atoms with Gasteiger partial charge in [-0.1, -0.05) is 19.9 Å². The zero-order chi connectivity index (χ0) is 10.9. The Morgan fingerprint density at radius 3 is 2.50 bits per heavy atom. The number of rotatable bonds is 2. The van der Waals surface area contributed by atoms with Gasteiger partial charge in [0.2, 0.25) is 0 Å². The second kappa shape index (κ2) is 4.13. The standard InChI is InChI=1S/C11H13BrO2/c1-6(2)10(13)9-7(3)4-5-8(12)11(9)14/h4-6,14H,1-3H3. The predicted octanol–water partition coefficient (Wildman–Crippen LogP) is 3.30. The van der Waals surface area contributed by atoms with Crippen LogP contribution in [0.2, 0.25) is 0 Å². The van der Waals surface area contributed by atoms with Gasteiger partial charge in [0, 0.05) is 5.92 Å². The number of aryl methyl sites for hydroxylation is 1. The maximum absolute atomic E-state index is 11.8.